The molecule has 1 aliphatic heterocycles. The number of anilines is 1. The molecule has 2 heterocycles. The highest BCUT2D eigenvalue weighted by Gasteiger charge is 2.37. The number of rotatable bonds is 2. The van der Waals surface area contributed by atoms with Crippen molar-refractivity contribution in [2.75, 3.05) is 18.1 Å². The molecule has 0 amide bonds. The molecule has 2 atom stereocenters. The molecule has 4 nitrogen and oxygen atoms in total. The van der Waals surface area contributed by atoms with E-state index in [1.807, 2.05) is 13.0 Å². The van der Waals surface area contributed by atoms with Crippen molar-refractivity contribution in [3.05, 3.63) is 23.4 Å². The van der Waals surface area contributed by atoms with Crippen LogP contribution in [0.1, 0.15) is 30.5 Å². The third-order valence-electron chi connectivity index (χ3n) is 4.07. The Bertz CT molecular complexity index is 435. The van der Waals surface area contributed by atoms with Crippen LogP contribution in [0.25, 0.3) is 0 Å². The lowest BCUT2D eigenvalue weighted by atomic mass is 10.1. The Morgan fingerprint density at radius 2 is 2.33 bits per heavy atom. The smallest absolute Gasteiger partial charge is 0.133 e. The van der Waals surface area contributed by atoms with Crippen LogP contribution in [0, 0.1) is 6.92 Å². The van der Waals surface area contributed by atoms with Gasteiger partial charge in [0.15, 0.2) is 0 Å². The third-order valence-corrected chi connectivity index (χ3v) is 4.07. The molecule has 0 aromatic carbocycles. The first kappa shape index (κ1) is 11.9. The fraction of sp³-hybridized carbons (Fsp3) is 0.643. The van der Waals surface area contributed by atoms with Crippen LogP contribution in [-0.2, 0) is 11.3 Å². The number of morpholine rings is 1. The van der Waals surface area contributed by atoms with E-state index in [-0.39, 0.29) is 0 Å². The maximum Gasteiger partial charge on any atom is 0.133 e. The van der Waals surface area contributed by atoms with Gasteiger partial charge in [-0.2, -0.15) is 0 Å². The zero-order chi connectivity index (χ0) is 12.5. The molecule has 1 saturated carbocycles. The van der Waals surface area contributed by atoms with Crippen LogP contribution in [0.15, 0.2) is 12.1 Å². The Balaban J connectivity index is 1.95. The van der Waals surface area contributed by atoms with Gasteiger partial charge in [0, 0.05) is 24.3 Å². The molecule has 1 aromatic heterocycles. The lowest BCUT2D eigenvalue weighted by Crippen LogP contribution is -2.49. The molecule has 18 heavy (non-hydrogen) atoms. The Hall–Kier alpha value is -1.13. The molecule has 2 fully saturated rings. The standard InChI is InChI=1S/C14H21N3O/c1-10-5-6-11(9-15)14(16-10)17-7-8-18-13-4-2-3-12(13)17/h5-6,12-13H,2-4,7-9,15H2,1H3. The van der Waals surface area contributed by atoms with Crippen LogP contribution in [0.3, 0.4) is 0 Å². The van der Waals surface area contributed by atoms with Gasteiger partial charge in [-0.1, -0.05) is 6.07 Å². The summed E-state index contributed by atoms with van der Waals surface area (Å²) >= 11 is 0. The molecule has 1 aromatic rings. The van der Waals surface area contributed by atoms with E-state index < -0.39 is 0 Å². The molecule has 2 N–H and O–H groups in total. The van der Waals surface area contributed by atoms with E-state index in [1.54, 1.807) is 0 Å². The van der Waals surface area contributed by atoms with Crippen LogP contribution < -0.4 is 10.6 Å². The second-order valence-corrected chi connectivity index (χ2v) is 5.24. The van der Waals surface area contributed by atoms with Gasteiger partial charge in [0.1, 0.15) is 5.82 Å². The number of pyridine rings is 1. The largest absolute Gasteiger partial charge is 0.374 e. The summed E-state index contributed by atoms with van der Waals surface area (Å²) in [6.07, 6.45) is 4.05. The number of nitrogens with zero attached hydrogens (tertiary/aromatic N) is 2. The molecule has 3 rings (SSSR count). The zero-order valence-corrected chi connectivity index (χ0v) is 10.9. The van der Waals surface area contributed by atoms with Crippen molar-refractivity contribution in [1.29, 1.82) is 0 Å². The van der Waals surface area contributed by atoms with Crippen molar-refractivity contribution in [3.8, 4) is 0 Å². The summed E-state index contributed by atoms with van der Waals surface area (Å²) < 4.78 is 5.86. The maximum absolute atomic E-state index is 5.86. The van der Waals surface area contributed by atoms with Crippen molar-refractivity contribution in [1.82, 2.24) is 4.98 Å². The minimum Gasteiger partial charge on any atom is -0.374 e. The second-order valence-electron chi connectivity index (χ2n) is 5.24. The molecular formula is C14H21N3O. The van der Waals surface area contributed by atoms with Gasteiger partial charge in [-0.3, -0.25) is 0 Å². The average Bonchev–Trinajstić information content (AvgIpc) is 2.86. The SMILES string of the molecule is Cc1ccc(CN)c(N2CCOC3CCCC32)n1. The highest BCUT2D eigenvalue weighted by molar-refractivity contribution is 5.49. The zero-order valence-electron chi connectivity index (χ0n) is 10.9. The lowest BCUT2D eigenvalue weighted by molar-refractivity contribution is 0.0252. The fourth-order valence-electron chi connectivity index (χ4n) is 3.17. The Morgan fingerprint density at radius 3 is 3.17 bits per heavy atom. The first-order chi connectivity index (χ1) is 8.79. The summed E-state index contributed by atoms with van der Waals surface area (Å²) in [7, 11) is 0. The number of ether oxygens (including phenoxy) is 1. The normalized spacial score (nSPS) is 27.3. The number of aryl methyl sites for hydroxylation is 1. The molecule has 1 aliphatic carbocycles. The van der Waals surface area contributed by atoms with E-state index in [0.717, 1.165) is 30.2 Å². The number of fused-ring (bicyclic) bond motifs is 1. The topological polar surface area (TPSA) is 51.4 Å². The van der Waals surface area contributed by atoms with Gasteiger partial charge < -0.3 is 15.4 Å². The van der Waals surface area contributed by atoms with Crippen LogP contribution in [-0.4, -0.2) is 30.3 Å². The molecule has 0 spiro atoms. The van der Waals surface area contributed by atoms with E-state index in [2.05, 4.69) is 11.0 Å². The predicted octanol–water partition coefficient (Wildman–Crippen LogP) is 1.61. The predicted molar refractivity (Wildman–Crippen MR) is 71.6 cm³/mol. The molecule has 0 bridgehead atoms. The van der Waals surface area contributed by atoms with Crippen LogP contribution in [0.4, 0.5) is 5.82 Å². The minimum atomic E-state index is 0.395. The molecule has 1 saturated heterocycles. The molecule has 2 aliphatic rings. The Labute approximate surface area is 108 Å². The summed E-state index contributed by atoms with van der Waals surface area (Å²) in [5.41, 5.74) is 8.05. The van der Waals surface area contributed by atoms with Crippen molar-refractivity contribution >= 4 is 5.82 Å². The number of nitrogens with two attached hydrogens (primary N) is 1. The number of aromatic nitrogens is 1. The van der Waals surface area contributed by atoms with Gasteiger partial charge in [0.05, 0.1) is 18.8 Å². The monoisotopic (exact) mass is 247 g/mol. The van der Waals surface area contributed by atoms with Crippen molar-refractivity contribution < 1.29 is 4.74 Å². The van der Waals surface area contributed by atoms with E-state index in [4.69, 9.17) is 15.5 Å². The average molecular weight is 247 g/mol. The van der Waals surface area contributed by atoms with Crippen LogP contribution in [0.5, 0.6) is 0 Å². The third kappa shape index (κ3) is 1.99. The van der Waals surface area contributed by atoms with Gasteiger partial charge in [-0.15, -0.1) is 0 Å². The fourth-order valence-corrected chi connectivity index (χ4v) is 3.17. The second kappa shape index (κ2) is 4.86. The van der Waals surface area contributed by atoms with Gasteiger partial charge >= 0.3 is 0 Å². The maximum atomic E-state index is 5.86. The molecular weight excluding hydrogens is 226 g/mol. The summed E-state index contributed by atoms with van der Waals surface area (Å²) in [6.45, 7) is 4.33. The number of hydrogen-bond acceptors (Lipinski definition) is 4. The highest BCUT2D eigenvalue weighted by atomic mass is 16.5. The quantitative estimate of drug-likeness (QED) is 0.862. The number of hydrogen-bond donors (Lipinski definition) is 1. The Kier molecular flexibility index (Phi) is 3.22. The molecule has 0 radical (unpaired) electrons. The van der Waals surface area contributed by atoms with Gasteiger partial charge in [0.2, 0.25) is 0 Å². The molecule has 98 valence electrons. The molecule has 4 heteroatoms. The summed E-state index contributed by atoms with van der Waals surface area (Å²) in [6, 6.07) is 4.65. The van der Waals surface area contributed by atoms with Crippen LogP contribution >= 0.6 is 0 Å². The first-order valence-electron chi connectivity index (χ1n) is 6.84. The van der Waals surface area contributed by atoms with E-state index in [1.165, 1.54) is 19.3 Å². The van der Waals surface area contributed by atoms with Crippen LogP contribution in [0.2, 0.25) is 0 Å². The van der Waals surface area contributed by atoms with Crippen molar-refractivity contribution in [2.24, 2.45) is 5.73 Å². The van der Waals surface area contributed by atoms with Gasteiger partial charge in [-0.05, 0) is 32.3 Å². The van der Waals surface area contributed by atoms with Gasteiger partial charge in [-0.25, -0.2) is 4.98 Å². The summed E-state index contributed by atoms with van der Waals surface area (Å²) in [4.78, 5) is 7.15. The highest BCUT2D eigenvalue weighted by Crippen LogP contribution is 2.33. The lowest BCUT2D eigenvalue weighted by Gasteiger charge is -2.39. The van der Waals surface area contributed by atoms with E-state index >= 15 is 0 Å². The van der Waals surface area contributed by atoms with Crippen molar-refractivity contribution in [2.45, 2.75) is 44.9 Å². The van der Waals surface area contributed by atoms with Crippen molar-refractivity contribution in [3.63, 3.8) is 0 Å². The Morgan fingerprint density at radius 1 is 1.44 bits per heavy atom. The minimum absolute atomic E-state index is 0.395. The molecule has 2 unspecified atom stereocenters. The summed E-state index contributed by atoms with van der Waals surface area (Å²) in [5, 5.41) is 0. The first-order valence-corrected chi connectivity index (χ1v) is 6.84. The van der Waals surface area contributed by atoms with E-state index in [0.29, 0.717) is 18.7 Å². The summed E-state index contributed by atoms with van der Waals surface area (Å²) in [5.74, 6) is 1.08. The van der Waals surface area contributed by atoms with Gasteiger partial charge in [0.25, 0.3) is 0 Å². The van der Waals surface area contributed by atoms with E-state index in [9.17, 15) is 0 Å².